The van der Waals surface area contributed by atoms with Crippen LogP contribution in [0.1, 0.15) is 59.4 Å². The fourth-order valence-electron chi connectivity index (χ4n) is 4.76. The minimum absolute atomic E-state index is 0.105. The average Bonchev–Trinajstić information content (AvgIpc) is 3.03. The Labute approximate surface area is 192 Å². The lowest BCUT2D eigenvalue weighted by Crippen LogP contribution is -2.44. The number of amides is 2. The second-order valence-corrected chi connectivity index (χ2v) is 9.83. The van der Waals surface area contributed by atoms with Crippen LogP contribution in [0.4, 0.5) is 5.69 Å². The summed E-state index contributed by atoms with van der Waals surface area (Å²) >= 11 is 0. The number of hydrogen-bond donors (Lipinski definition) is 1. The van der Waals surface area contributed by atoms with Crippen molar-refractivity contribution in [2.24, 2.45) is 5.92 Å². The van der Waals surface area contributed by atoms with Gasteiger partial charge < -0.3 is 9.64 Å². The number of imidazole rings is 1. The van der Waals surface area contributed by atoms with E-state index in [2.05, 4.69) is 10.2 Å². The molecule has 178 valence electrons. The Balaban J connectivity index is 1.58. The number of anilines is 1. The van der Waals surface area contributed by atoms with Crippen molar-refractivity contribution < 1.29 is 19.1 Å². The van der Waals surface area contributed by atoms with Crippen LogP contribution in [0.2, 0.25) is 0 Å². The van der Waals surface area contributed by atoms with Crippen LogP contribution in [0.5, 0.6) is 0 Å². The topological polar surface area (TPSA) is 103 Å². The molecule has 2 aliphatic heterocycles. The van der Waals surface area contributed by atoms with Crippen molar-refractivity contribution in [1.82, 2.24) is 14.5 Å². The van der Waals surface area contributed by atoms with E-state index in [9.17, 15) is 19.2 Å². The summed E-state index contributed by atoms with van der Waals surface area (Å²) in [5.74, 6) is -0.984. The van der Waals surface area contributed by atoms with Crippen molar-refractivity contribution >= 4 is 34.5 Å². The Kier molecular flexibility index (Phi) is 6.07. The fraction of sp³-hybridized carbons (Fsp3) is 0.583. The number of carbonyl (C=O) groups excluding carboxylic acids is 3. The molecular formula is C24H32N4O5. The van der Waals surface area contributed by atoms with E-state index in [4.69, 9.17) is 4.74 Å². The number of aryl methyl sites for hydroxylation is 1. The first kappa shape index (κ1) is 23.1. The molecule has 1 N–H and O–H groups in total. The largest absolute Gasteiger partial charge is 0.460 e. The zero-order chi connectivity index (χ0) is 23.9. The number of carbonyl (C=O) groups is 3. The number of piperidine rings is 2. The van der Waals surface area contributed by atoms with Gasteiger partial charge in [0.2, 0.25) is 11.8 Å². The van der Waals surface area contributed by atoms with Gasteiger partial charge in [-0.05, 0) is 65.2 Å². The maximum atomic E-state index is 13.2. The van der Waals surface area contributed by atoms with Crippen LogP contribution in [0.3, 0.4) is 0 Å². The normalized spacial score (nSPS) is 20.2. The van der Waals surface area contributed by atoms with Crippen molar-refractivity contribution in [2.75, 3.05) is 18.0 Å². The monoisotopic (exact) mass is 456 g/mol. The summed E-state index contributed by atoms with van der Waals surface area (Å²) in [7, 11) is 0. The molecular weight excluding hydrogens is 424 g/mol. The van der Waals surface area contributed by atoms with Crippen molar-refractivity contribution in [1.29, 1.82) is 0 Å². The number of nitrogens with zero attached hydrogens (tertiary/aromatic N) is 3. The van der Waals surface area contributed by atoms with Crippen LogP contribution in [0.25, 0.3) is 11.0 Å². The van der Waals surface area contributed by atoms with Crippen molar-refractivity contribution in [2.45, 2.75) is 71.6 Å². The molecule has 0 spiro atoms. The molecule has 2 aliphatic rings. The third-order valence-electron chi connectivity index (χ3n) is 6.38. The SMILES string of the molecule is CCn1c(=O)n(C2CCC(=O)NC2=O)c2ccc(N3CCC(C(=O)OC(C)(C)C)CC3)cc21. The fourth-order valence-corrected chi connectivity index (χ4v) is 4.76. The molecule has 1 aromatic carbocycles. The lowest BCUT2D eigenvalue weighted by atomic mass is 9.96. The number of hydrogen-bond acceptors (Lipinski definition) is 6. The maximum Gasteiger partial charge on any atom is 0.329 e. The lowest BCUT2D eigenvalue weighted by molar-refractivity contribution is -0.160. The molecule has 3 heterocycles. The van der Waals surface area contributed by atoms with Crippen molar-refractivity contribution in [3.8, 4) is 0 Å². The molecule has 2 saturated heterocycles. The second-order valence-electron chi connectivity index (χ2n) is 9.83. The van der Waals surface area contributed by atoms with E-state index < -0.39 is 17.6 Å². The van der Waals surface area contributed by atoms with Crippen LogP contribution >= 0.6 is 0 Å². The molecule has 1 unspecified atom stereocenters. The molecule has 0 bridgehead atoms. The van der Waals surface area contributed by atoms with E-state index in [1.54, 1.807) is 4.57 Å². The lowest BCUT2D eigenvalue weighted by Gasteiger charge is -2.34. The van der Waals surface area contributed by atoms with Gasteiger partial charge in [-0.1, -0.05) is 0 Å². The number of benzene rings is 1. The van der Waals surface area contributed by atoms with Crippen LogP contribution in [0, 0.1) is 5.92 Å². The van der Waals surface area contributed by atoms with Gasteiger partial charge in [-0.25, -0.2) is 4.79 Å². The highest BCUT2D eigenvalue weighted by Gasteiger charge is 2.32. The standard InChI is InChI=1S/C24H32N4O5/c1-5-27-19-14-16(26-12-10-15(11-13-26)22(31)33-24(2,3)4)6-7-17(19)28(23(27)32)18-8-9-20(29)25-21(18)30/h6-7,14-15,18H,5,8-13H2,1-4H3,(H,25,29,30). The molecule has 0 saturated carbocycles. The highest BCUT2D eigenvalue weighted by molar-refractivity contribution is 6.00. The van der Waals surface area contributed by atoms with Gasteiger partial charge in [-0.15, -0.1) is 0 Å². The first-order valence-electron chi connectivity index (χ1n) is 11.7. The van der Waals surface area contributed by atoms with Gasteiger partial charge in [-0.2, -0.15) is 0 Å². The van der Waals surface area contributed by atoms with Crippen LogP contribution < -0.4 is 15.9 Å². The molecule has 2 amide bonds. The van der Waals surface area contributed by atoms with E-state index >= 15 is 0 Å². The highest BCUT2D eigenvalue weighted by atomic mass is 16.6. The number of ether oxygens (including phenoxy) is 1. The number of fused-ring (bicyclic) bond motifs is 1. The summed E-state index contributed by atoms with van der Waals surface area (Å²) in [6.45, 7) is 9.45. The zero-order valence-corrected chi connectivity index (χ0v) is 19.7. The number of rotatable bonds is 4. The molecule has 1 atom stereocenters. The minimum Gasteiger partial charge on any atom is -0.460 e. The first-order valence-corrected chi connectivity index (χ1v) is 11.7. The van der Waals surface area contributed by atoms with Gasteiger partial charge in [0.15, 0.2) is 0 Å². The Bertz CT molecular complexity index is 1150. The maximum absolute atomic E-state index is 13.2. The summed E-state index contributed by atoms with van der Waals surface area (Å²) in [4.78, 5) is 51.8. The third-order valence-corrected chi connectivity index (χ3v) is 6.38. The van der Waals surface area contributed by atoms with E-state index in [0.717, 1.165) is 24.3 Å². The molecule has 33 heavy (non-hydrogen) atoms. The van der Waals surface area contributed by atoms with Crippen molar-refractivity contribution in [3.63, 3.8) is 0 Å². The molecule has 2 fully saturated rings. The summed E-state index contributed by atoms with van der Waals surface area (Å²) in [6, 6.07) is 5.12. The number of aromatic nitrogens is 2. The highest BCUT2D eigenvalue weighted by Crippen LogP contribution is 2.30. The summed E-state index contributed by atoms with van der Waals surface area (Å²) in [5, 5.41) is 2.34. The molecule has 1 aromatic heterocycles. The van der Waals surface area contributed by atoms with Gasteiger partial charge in [0.25, 0.3) is 0 Å². The van der Waals surface area contributed by atoms with Gasteiger partial charge >= 0.3 is 11.7 Å². The third kappa shape index (κ3) is 4.54. The Morgan fingerprint density at radius 2 is 1.79 bits per heavy atom. The molecule has 2 aromatic rings. The van der Waals surface area contributed by atoms with Gasteiger partial charge in [0.1, 0.15) is 11.6 Å². The number of esters is 1. The predicted molar refractivity (Wildman–Crippen MR) is 124 cm³/mol. The predicted octanol–water partition coefficient (Wildman–Crippen LogP) is 2.36. The molecule has 0 radical (unpaired) electrons. The van der Waals surface area contributed by atoms with E-state index in [1.165, 1.54) is 4.57 Å². The van der Waals surface area contributed by atoms with Crippen LogP contribution in [0.15, 0.2) is 23.0 Å². The van der Waals surface area contributed by atoms with E-state index in [-0.39, 0.29) is 29.9 Å². The molecule has 4 rings (SSSR count). The van der Waals surface area contributed by atoms with Gasteiger partial charge in [0.05, 0.1) is 17.0 Å². The van der Waals surface area contributed by atoms with E-state index in [0.29, 0.717) is 31.3 Å². The molecule has 9 heteroatoms. The Morgan fingerprint density at radius 3 is 2.39 bits per heavy atom. The Hall–Kier alpha value is -3.10. The van der Waals surface area contributed by atoms with Crippen molar-refractivity contribution in [3.05, 3.63) is 28.7 Å². The van der Waals surface area contributed by atoms with Gasteiger partial charge in [0, 0.05) is 31.7 Å². The summed E-state index contributed by atoms with van der Waals surface area (Å²) < 4.78 is 8.72. The molecule has 9 nitrogen and oxygen atoms in total. The summed E-state index contributed by atoms with van der Waals surface area (Å²) in [5.41, 5.74) is 1.69. The average molecular weight is 457 g/mol. The Morgan fingerprint density at radius 1 is 1.09 bits per heavy atom. The van der Waals surface area contributed by atoms with Crippen LogP contribution in [-0.2, 0) is 25.7 Å². The summed E-state index contributed by atoms with van der Waals surface area (Å²) in [6.07, 6.45) is 1.95. The van der Waals surface area contributed by atoms with E-state index in [1.807, 2.05) is 45.9 Å². The smallest absolute Gasteiger partial charge is 0.329 e. The number of imide groups is 1. The minimum atomic E-state index is -0.694. The quantitative estimate of drug-likeness (QED) is 0.560. The zero-order valence-electron chi connectivity index (χ0n) is 19.7. The second kappa shape index (κ2) is 8.68. The number of nitrogens with one attached hydrogen (secondary N) is 1. The van der Waals surface area contributed by atoms with Gasteiger partial charge in [-0.3, -0.25) is 28.8 Å². The van der Waals surface area contributed by atoms with Crippen LogP contribution in [-0.4, -0.2) is 45.6 Å². The molecule has 0 aliphatic carbocycles. The first-order chi connectivity index (χ1) is 15.6.